The SMILES string of the molecule is O=C(COc1ccc2ccccc2c1)Nc1cccc(C(=O)Nc2ccccc2)c1. The van der Waals surface area contributed by atoms with Gasteiger partial charge in [0.1, 0.15) is 5.75 Å². The summed E-state index contributed by atoms with van der Waals surface area (Å²) >= 11 is 0. The fraction of sp³-hybridized carbons (Fsp3) is 0.0400. The van der Waals surface area contributed by atoms with Gasteiger partial charge in [-0.05, 0) is 53.2 Å². The zero-order chi connectivity index (χ0) is 20.8. The smallest absolute Gasteiger partial charge is 0.262 e. The molecule has 4 aromatic rings. The van der Waals surface area contributed by atoms with E-state index in [1.165, 1.54) is 0 Å². The first-order chi connectivity index (χ1) is 14.7. The predicted molar refractivity (Wildman–Crippen MR) is 119 cm³/mol. The number of hydrogen-bond donors (Lipinski definition) is 2. The first kappa shape index (κ1) is 19.2. The molecule has 148 valence electrons. The Morgan fingerprint density at radius 1 is 0.667 bits per heavy atom. The number of ether oxygens (including phenoxy) is 1. The highest BCUT2D eigenvalue weighted by Crippen LogP contribution is 2.20. The Kier molecular flexibility index (Phi) is 5.71. The molecule has 0 bridgehead atoms. The van der Waals surface area contributed by atoms with E-state index < -0.39 is 0 Å². The molecule has 0 aliphatic rings. The molecule has 0 unspecified atom stereocenters. The lowest BCUT2D eigenvalue weighted by Crippen LogP contribution is -2.20. The molecular formula is C25H20N2O3. The summed E-state index contributed by atoms with van der Waals surface area (Å²) in [5.74, 6) is 0.0772. The Labute approximate surface area is 174 Å². The van der Waals surface area contributed by atoms with Gasteiger partial charge < -0.3 is 15.4 Å². The third-order valence-corrected chi connectivity index (χ3v) is 4.53. The number of para-hydroxylation sites is 1. The van der Waals surface area contributed by atoms with E-state index in [9.17, 15) is 9.59 Å². The number of rotatable bonds is 6. The molecule has 0 aliphatic heterocycles. The van der Waals surface area contributed by atoms with Crippen LogP contribution in [0, 0.1) is 0 Å². The highest BCUT2D eigenvalue weighted by Gasteiger charge is 2.09. The molecule has 0 aliphatic carbocycles. The number of carbonyl (C=O) groups excluding carboxylic acids is 2. The molecule has 5 nitrogen and oxygen atoms in total. The Balaban J connectivity index is 1.36. The zero-order valence-electron chi connectivity index (χ0n) is 16.2. The number of carbonyl (C=O) groups is 2. The van der Waals surface area contributed by atoms with Crippen LogP contribution < -0.4 is 15.4 Å². The van der Waals surface area contributed by atoms with E-state index in [0.717, 1.165) is 10.8 Å². The predicted octanol–water partition coefficient (Wildman–Crippen LogP) is 5.11. The molecule has 30 heavy (non-hydrogen) atoms. The summed E-state index contributed by atoms with van der Waals surface area (Å²) < 4.78 is 5.61. The van der Waals surface area contributed by atoms with Crippen molar-refractivity contribution in [3.8, 4) is 5.75 Å². The molecule has 0 saturated heterocycles. The average molecular weight is 396 g/mol. The topological polar surface area (TPSA) is 67.4 Å². The molecule has 5 heteroatoms. The second kappa shape index (κ2) is 8.92. The van der Waals surface area contributed by atoms with E-state index in [-0.39, 0.29) is 18.4 Å². The quantitative estimate of drug-likeness (QED) is 0.476. The van der Waals surface area contributed by atoms with E-state index in [1.807, 2.05) is 72.8 Å². The molecule has 4 aromatic carbocycles. The van der Waals surface area contributed by atoms with E-state index in [2.05, 4.69) is 10.6 Å². The molecule has 0 radical (unpaired) electrons. The maximum atomic E-state index is 12.4. The fourth-order valence-corrected chi connectivity index (χ4v) is 3.07. The van der Waals surface area contributed by atoms with Gasteiger partial charge in [-0.25, -0.2) is 0 Å². The van der Waals surface area contributed by atoms with Crippen molar-refractivity contribution in [1.82, 2.24) is 0 Å². The molecule has 2 amide bonds. The van der Waals surface area contributed by atoms with Crippen LogP contribution in [0.25, 0.3) is 10.8 Å². The minimum absolute atomic E-state index is 0.126. The van der Waals surface area contributed by atoms with Crippen molar-refractivity contribution in [2.24, 2.45) is 0 Å². The number of amides is 2. The molecule has 4 rings (SSSR count). The normalized spacial score (nSPS) is 10.4. The van der Waals surface area contributed by atoms with Crippen molar-refractivity contribution >= 4 is 34.0 Å². The van der Waals surface area contributed by atoms with Crippen molar-refractivity contribution in [3.63, 3.8) is 0 Å². The molecule has 0 saturated carbocycles. The van der Waals surface area contributed by atoms with E-state index >= 15 is 0 Å². The van der Waals surface area contributed by atoms with Crippen LogP contribution in [0.3, 0.4) is 0 Å². The van der Waals surface area contributed by atoms with Gasteiger partial charge in [0.05, 0.1) is 0 Å². The van der Waals surface area contributed by atoms with Crippen LogP contribution in [0.15, 0.2) is 97.1 Å². The standard InChI is InChI=1S/C25H20N2O3/c28-24(17-30-23-14-13-18-7-4-5-8-19(18)16-23)26-22-12-6-9-20(15-22)25(29)27-21-10-2-1-3-11-21/h1-16H,17H2,(H,26,28)(H,27,29). The number of benzene rings is 4. The highest BCUT2D eigenvalue weighted by atomic mass is 16.5. The van der Waals surface area contributed by atoms with Crippen LogP contribution in [0.5, 0.6) is 5.75 Å². The van der Waals surface area contributed by atoms with Crippen molar-refractivity contribution in [1.29, 1.82) is 0 Å². The Hall–Kier alpha value is -4.12. The fourth-order valence-electron chi connectivity index (χ4n) is 3.07. The van der Waals surface area contributed by atoms with Crippen LogP contribution in [-0.2, 0) is 4.79 Å². The summed E-state index contributed by atoms with van der Waals surface area (Å²) in [7, 11) is 0. The Morgan fingerprint density at radius 2 is 1.40 bits per heavy atom. The van der Waals surface area contributed by atoms with Crippen LogP contribution in [0.4, 0.5) is 11.4 Å². The maximum absolute atomic E-state index is 12.4. The average Bonchev–Trinajstić information content (AvgIpc) is 2.78. The maximum Gasteiger partial charge on any atom is 0.262 e. The second-order valence-electron chi connectivity index (χ2n) is 6.75. The lowest BCUT2D eigenvalue weighted by Gasteiger charge is -2.10. The molecule has 0 atom stereocenters. The third-order valence-electron chi connectivity index (χ3n) is 4.53. The molecule has 0 heterocycles. The van der Waals surface area contributed by atoms with Gasteiger partial charge in [-0.2, -0.15) is 0 Å². The summed E-state index contributed by atoms with van der Waals surface area (Å²) in [5.41, 5.74) is 1.69. The van der Waals surface area contributed by atoms with Crippen molar-refractivity contribution in [2.45, 2.75) is 0 Å². The summed E-state index contributed by atoms with van der Waals surface area (Å²) in [5, 5.41) is 7.75. The van der Waals surface area contributed by atoms with Gasteiger partial charge in [-0.3, -0.25) is 9.59 Å². The lowest BCUT2D eigenvalue weighted by molar-refractivity contribution is -0.118. The van der Waals surface area contributed by atoms with Gasteiger partial charge in [0.15, 0.2) is 6.61 Å². The van der Waals surface area contributed by atoms with Crippen molar-refractivity contribution < 1.29 is 14.3 Å². The summed E-state index contributed by atoms with van der Waals surface area (Å²) in [6.45, 7) is -0.126. The molecule has 0 spiro atoms. The molecule has 2 N–H and O–H groups in total. The minimum Gasteiger partial charge on any atom is -0.484 e. The Bertz CT molecular complexity index is 1190. The Morgan fingerprint density at radius 3 is 2.23 bits per heavy atom. The third kappa shape index (κ3) is 4.83. The first-order valence-electron chi connectivity index (χ1n) is 9.55. The van der Waals surface area contributed by atoms with Gasteiger partial charge in [-0.1, -0.05) is 54.6 Å². The van der Waals surface area contributed by atoms with E-state index in [0.29, 0.717) is 22.7 Å². The number of fused-ring (bicyclic) bond motifs is 1. The number of anilines is 2. The van der Waals surface area contributed by atoms with Gasteiger partial charge in [-0.15, -0.1) is 0 Å². The van der Waals surface area contributed by atoms with Crippen molar-refractivity contribution in [3.05, 3.63) is 103 Å². The zero-order valence-corrected chi connectivity index (χ0v) is 16.2. The minimum atomic E-state index is -0.302. The lowest BCUT2D eigenvalue weighted by atomic mass is 10.1. The van der Waals surface area contributed by atoms with Crippen LogP contribution in [-0.4, -0.2) is 18.4 Å². The first-order valence-corrected chi connectivity index (χ1v) is 9.55. The van der Waals surface area contributed by atoms with Crippen LogP contribution in [0.1, 0.15) is 10.4 Å². The monoisotopic (exact) mass is 396 g/mol. The number of hydrogen-bond acceptors (Lipinski definition) is 3. The van der Waals surface area contributed by atoms with Gasteiger partial charge in [0, 0.05) is 16.9 Å². The second-order valence-corrected chi connectivity index (χ2v) is 6.75. The largest absolute Gasteiger partial charge is 0.484 e. The van der Waals surface area contributed by atoms with E-state index in [4.69, 9.17) is 4.74 Å². The van der Waals surface area contributed by atoms with Gasteiger partial charge >= 0.3 is 0 Å². The molecule has 0 aromatic heterocycles. The molecule has 0 fully saturated rings. The number of nitrogens with one attached hydrogen (secondary N) is 2. The van der Waals surface area contributed by atoms with Crippen LogP contribution in [0.2, 0.25) is 0 Å². The van der Waals surface area contributed by atoms with Gasteiger partial charge in [0.2, 0.25) is 0 Å². The van der Waals surface area contributed by atoms with Crippen molar-refractivity contribution in [2.75, 3.05) is 17.2 Å². The van der Waals surface area contributed by atoms with Crippen LogP contribution >= 0.6 is 0 Å². The molecular weight excluding hydrogens is 376 g/mol. The summed E-state index contributed by atoms with van der Waals surface area (Å²) in [6.07, 6.45) is 0. The summed E-state index contributed by atoms with van der Waals surface area (Å²) in [6, 6.07) is 29.6. The van der Waals surface area contributed by atoms with E-state index in [1.54, 1.807) is 24.3 Å². The highest BCUT2D eigenvalue weighted by molar-refractivity contribution is 6.05. The summed E-state index contributed by atoms with van der Waals surface area (Å²) in [4.78, 5) is 24.7. The van der Waals surface area contributed by atoms with Gasteiger partial charge in [0.25, 0.3) is 11.8 Å².